The zero-order valence-electron chi connectivity index (χ0n) is 14.6. The lowest BCUT2D eigenvalue weighted by atomic mass is 10.1. The van der Waals surface area contributed by atoms with E-state index in [2.05, 4.69) is 4.98 Å². The van der Waals surface area contributed by atoms with Crippen molar-refractivity contribution >= 4 is 27.3 Å². The van der Waals surface area contributed by atoms with E-state index in [1.807, 2.05) is 26.0 Å². The van der Waals surface area contributed by atoms with Gasteiger partial charge in [-0.15, -0.1) is 0 Å². The zero-order chi connectivity index (χ0) is 18.7. The van der Waals surface area contributed by atoms with E-state index in [0.29, 0.717) is 10.7 Å². The summed E-state index contributed by atoms with van der Waals surface area (Å²) in [5.74, 6) is 0. The summed E-state index contributed by atoms with van der Waals surface area (Å²) >= 11 is 5.97. The molecule has 0 fully saturated rings. The Morgan fingerprint density at radius 1 is 1.00 bits per heavy atom. The standard InChI is InChI=1S/C20H19ClN2O2S/c1-15-5-10-20(12-16(15)2)26(24,25)23(14-17-4-3-11-22-13-17)19-8-6-18(21)7-9-19/h3-13H,14H2,1-2H3. The van der Waals surface area contributed by atoms with Crippen molar-refractivity contribution in [1.29, 1.82) is 0 Å². The minimum atomic E-state index is -3.74. The Kier molecular flexibility index (Phi) is 5.30. The number of aromatic nitrogens is 1. The van der Waals surface area contributed by atoms with Gasteiger partial charge < -0.3 is 0 Å². The molecule has 0 aliphatic heterocycles. The molecule has 0 N–H and O–H groups in total. The molecule has 0 radical (unpaired) electrons. The number of nitrogens with zero attached hydrogens (tertiary/aromatic N) is 2. The Hall–Kier alpha value is -2.37. The summed E-state index contributed by atoms with van der Waals surface area (Å²) in [5, 5.41) is 0.554. The van der Waals surface area contributed by atoms with Crippen molar-refractivity contribution in [2.45, 2.75) is 25.3 Å². The zero-order valence-corrected chi connectivity index (χ0v) is 16.1. The largest absolute Gasteiger partial charge is 0.264 e. The second-order valence-electron chi connectivity index (χ2n) is 6.10. The third-order valence-electron chi connectivity index (χ3n) is 4.23. The molecule has 0 atom stereocenters. The molecule has 0 unspecified atom stereocenters. The first-order valence-electron chi connectivity index (χ1n) is 8.12. The van der Waals surface area contributed by atoms with Gasteiger partial charge in [0.15, 0.2) is 0 Å². The highest BCUT2D eigenvalue weighted by molar-refractivity contribution is 7.92. The highest BCUT2D eigenvalue weighted by atomic mass is 35.5. The molecule has 0 aliphatic carbocycles. The summed E-state index contributed by atoms with van der Waals surface area (Å²) in [6, 6.07) is 15.6. The molecule has 0 spiro atoms. The predicted octanol–water partition coefficient (Wildman–Crippen LogP) is 4.75. The lowest BCUT2D eigenvalue weighted by Crippen LogP contribution is -2.30. The maximum Gasteiger partial charge on any atom is 0.264 e. The van der Waals surface area contributed by atoms with Crippen LogP contribution in [0.4, 0.5) is 5.69 Å². The van der Waals surface area contributed by atoms with Gasteiger partial charge in [0.05, 0.1) is 17.1 Å². The highest BCUT2D eigenvalue weighted by Crippen LogP contribution is 2.28. The number of pyridine rings is 1. The third-order valence-corrected chi connectivity index (χ3v) is 6.25. The molecule has 134 valence electrons. The van der Waals surface area contributed by atoms with Crippen molar-refractivity contribution in [3.63, 3.8) is 0 Å². The van der Waals surface area contributed by atoms with Gasteiger partial charge in [0.25, 0.3) is 10.0 Å². The lowest BCUT2D eigenvalue weighted by Gasteiger charge is -2.25. The van der Waals surface area contributed by atoms with Gasteiger partial charge in [0.2, 0.25) is 0 Å². The van der Waals surface area contributed by atoms with Crippen LogP contribution >= 0.6 is 11.6 Å². The number of aryl methyl sites for hydroxylation is 2. The number of rotatable bonds is 5. The van der Waals surface area contributed by atoms with Crippen LogP contribution in [0.3, 0.4) is 0 Å². The molecule has 6 heteroatoms. The molecule has 0 amide bonds. The van der Waals surface area contributed by atoms with E-state index >= 15 is 0 Å². The first-order valence-corrected chi connectivity index (χ1v) is 9.94. The van der Waals surface area contributed by atoms with Crippen molar-refractivity contribution < 1.29 is 8.42 Å². The van der Waals surface area contributed by atoms with Crippen molar-refractivity contribution in [3.8, 4) is 0 Å². The monoisotopic (exact) mass is 386 g/mol. The number of halogens is 1. The Labute approximate surface area is 159 Å². The van der Waals surface area contributed by atoms with Gasteiger partial charge in [0, 0.05) is 17.4 Å². The van der Waals surface area contributed by atoms with Gasteiger partial charge in [0.1, 0.15) is 0 Å². The minimum Gasteiger partial charge on any atom is -0.264 e. The highest BCUT2D eigenvalue weighted by Gasteiger charge is 2.25. The molecule has 1 aromatic heterocycles. The van der Waals surface area contributed by atoms with Crippen LogP contribution < -0.4 is 4.31 Å². The molecule has 3 aromatic rings. The van der Waals surface area contributed by atoms with Crippen molar-refractivity contribution in [1.82, 2.24) is 4.98 Å². The number of hydrogen-bond acceptors (Lipinski definition) is 3. The fraction of sp³-hybridized carbons (Fsp3) is 0.150. The van der Waals surface area contributed by atoms with Gasteiger partial charge in [-0.25, -0.2) is 8.42 Å². The van der Waals surface area contributed by atoms with E-state index in [4.69, 9.17) is 11.6 Å². The van der Waals surface area contributed by atoms with Crippen LogP contribution in [-0.4, -0.2) is 13.4 Å². The van der Waals surface area contributed by atoms with Crippen LogP contribution in [0.1, 0.15) is 16.7 Å². The van der Waals surface area contributed by atoms with Crippen molar-refractivity contribution in [2.24, 2.45) is 0 Å². The maximum absolute atomic E-state index is 13.4. The van der Waals surface area contributed by atoms with Crippen LogP contribution in [0, 0.1) is 13.8 Å². The normalized spacial score (nSPS) is 11.3. The quantitative estimate of drug-likeness (QED) is 0.635. The first-order chi connectivity index (χ1) is 12.4. The van der Waals surface area contributed by atoms with Crippen LogP contribution in [0.15, 0.2) is 71.9 Å². The fourth-order valence-electron chi connectivity index (χ4n) is 2.58. The van der Waals surface area contributed by atoms with Gasteiger partial charge >= 0.3 is 0 Å². The molecule has 1 heterocycles. The van der Waals surface area contributed by atoms with Gasteiger partial charge in [-0.05, 0) is 73.0 Å². The van der Waals surface area contributed by atoms with Gasteiger partial charge in [-0.1, -0.05) is 23.7 Å². The molecule has 26 heavy (non-hydrogen) atoms. The number of sulfonamides is 1. The number of anilines is 1. The summed E-state index contributed by atoms with van der Waals surface area (Å²) in [6.45, 7) is 4.05. The maximum atomic E-state index is 13.4. The first kappa shape index (κ1) is 18.4. The average molecular weight is 387 g/mol. The van der Waals surface area contributed by atoms with E-state index in [0.717, 1.165) is 16.7 Å². The molecule has 0 aliphatic rings. The smallest absolute Gasteiger partial charge is 0.264 e. The summed E-state index contributed by atoms with van der Waals surface area (Å²) in [5.41, 5.74) is 3.34. The molecule has 3 rings (SSSR count). The van der Waals surface area contributed by atoms with Crippen molar-refractivity contribution in [2.75, 3.05) is 4.31 Å². The average Bonchev–Trinajstić information content (AvgIpc) is 2.63. The van der Waals surface area contributed by atoms with E-state index in [1.54, 1.807) is 54.9 Å². The van der Waals surface area contributed by atoms with E-state index in [9.17, 15) is 8.42 Å². The molecule has 0 saturated carbocycles. The molecule has 2 aromatic carbocycles. The number of hydrogen-bond donors (Lipinski definition) is 0. The summed E-state index contributed by atoms with van der Waals surface area (Å²) < 4.78 is 28.1. The van der Waals surface area contributed by atoms with E-state index < -0.39 is 10.0 Å². The van der Waals surface area contributed by atoms with Crippen molar-refractivity contribution in [3.05, 3.63) is 88.7 Å². The van der Waals surface area contributed by atoms with E-state index in [1.165, 1.54) is 4.31 Å². The SMILES string of the molecule is Cc1ccc(S(=O)(=O)N(Cc2cccnc2)c2ccc(Cl)cc2)cc1C. The summed E-state index contributed by atoms with van der Waals surface area (Å²) in [4.78, 5) is 4.35. The predicted molar refractivity (Wildman–Crippen MR) is 105 cm³/mol. The van der Waals surface area contributed by atoms with Crippen LogP contribution in [0.2, 0.25) is 5.02 Å². The third kappa shape index (κ3) is 3.89. The molecular formula is C20H19ClN2O2S. The second-order valence-corrected chi connectivity index (χ2v) is 8.39. The summed E-state index contributed by atoms with van der Waals surface area (Å²) in [6.07, 6.45) is 3.33. The molecule has 0 saturated heterocycles. The topological polar surface area (TPSA) is 50.3 Å². The summed E-state index contributed by atoms with van der Waals surface area (Å²) in [7, 11) is -3.74. The van der Waals surface area contributed by atoms with E-state index in [-0.39, 0.29) is 11.4 Å². The Balaban J connectivity index is 2.09. The van der Waals surface area contributed by atoms with Gasteiger partial charge in [-0.2, -0.15) is 0 Å². The van der Waals surface area contributed by atoms with Gasteiger partial charge in [-0.3, -0.25) is 9.29 Å². The molecule has 4 nitrogen and oxygen atoms in total. The minimum absolute atomic E-state index is 0.185. The molecular weight excluding hydrogens is 368 g/mol. The Morgan fingerprint density at radius 3 is 2.35 bits per heavy atom. The fourth-order valence-corrected chi connectivity index (χ4v) is 4.25. The Bertz CT molecular complexity index is 1000. The second kappa shape index (κ2) is 7.48. The Morgan fingerprint density at radius 2 is 1.73 bits per heavy atom. The van der Waals surface area contributed by atoms with Crippen LogP contribution in [0.25, 0.3) is 0 Å². The van der Waals surface area contributed by atoms with Crippen LogP contribution in [-0.2, 0) is 16.6 Å². The lowest BCUT2D eigenvalue weighted by molar-refractivity contribution is 0.590. The molecule has 0 bridgehead atoms. The number of benzene rings is 2. The van der Waals surface area contributed by atoms with Crippen LogP contribution in [0.5, 0.6) is 0 Å².